The molecule has 6 nitrogen and oxygen atoms in total. The third-order valence-corrected chi connectivity index (χ3v) is 5.18. The first-order valence-electron chi connectivity index (χ1n) is 8.85. The minimum Gasteiger partial charge on any atom is -0.493 e. The summed E-state index contributed by atoms with van der Waals surface area (Å²) in [5, 5.41) is 7.79. The van der Waals surface area contributed by atoms with E-state index in [0.29, 0.717) is 32.6 Å². The molecule has 0 aliphatic heterocycles. The fourth-order valence-electron chi connectivity index (χ4n) is 2.59. The van der Waals surface area contributed by atoms with Crippen molar-refractivity contribution in [3.8, 4) is 11.5 Å². The third kappa shape index (κ3) is 5.40. The largest absolute Gasteiger partial charge is 0.493 e. The number of amides is 2. The molecule has 0 atom stereocenters. The molecule has 3 aromatic rings. The summed E-state index contributed by atoms with van der Waals surface area (Å²) in [5.41, 5.74) is 1.28. The molecule has 0 bridgehead atoms. The zero-order valence-corrected chi connectivity index (χ0v) is 17.8. The second-order valence-corrected chi connectivity index (χ2v) is 7.45. The van der Waals surface area contributed by atoms with Gasteiger partial charge in [0.2, 0.25) is 0 Å². The maximum Gasteiger partial charge on any atom is 0.272 e. The van der Waals surface area contributed by atoms with Crippen LogP contribution in [0.15, 0.2) is 65.7 Å². The Morgan fingerprint density at radius 3 is 2.37 bits per heavy atom. The van der Waals surface area contributed by atoms with Crippen LogP contribution in [-0.2, 0) is 4.79 Å². The van der Waals surface area contributed by atoms with Crippen molar-refractivity contribution in [1.82, 2.24) is 5.32 Å². The molecule has 2 N–H and O–H groups in total. The Morgan fingerprint density at radius 1 is 1.00 bits per heavy atom. The molecule has 0 fully saturated rings. The summed E-state index contributed by atoms with van der Waals surface area (Å²) in [7, 11) is 3.07. The molecule has 0 saturated carbocycles. The van der Waals surface area contributed by atoms with Crippen molar-refractivity contribution in [2.75, 3.05) is 19.5 Å². The van der Waals surface area contributed by atoms with E-state index in [2.05, 4.69) is 10.6 Å². The number of methoxy groups -OCH3 is 2. The minimum atomic E-state index is -0.475. The molecule has 0 aliphatic carbocycles. The molecule has 0 radical (unpaired) electrons. The summed E-state index contributed by atoms with van der Waals surface area (Å²) in [4.78, 5) is 25.9. The number of halogens is 1. The average Bonchev–Trinajstić information content (AvgIpc) is 3.30. The lowest BCUT2D eigenvalue weighted by molar-refractivity contribution is -0.113. The van der Waals surface area contributed by atoms with Crippen LogP contribution in [0.5, 0.6) is 11.5 Å². The van der Waals surface area contributed by atoms with Gasteiger partial charge in [-0.05, 0) is 59.5 Å². The smallest absolute Gasteiger partial charge is 0.272 e. The number of carbonyl (C=O) groups is 2. The first kappa shape index (κ1) is 21.4. The number of benzene rings is 2. The molecule has 0 aliphatic rings. The zero-order chi connectivity index (χ0) is 21.5. The summed E-state index contributed by atoms with van der Waals surface area (Å²) < 4.78 is 10.6. The van der Waals surface area contributed by atoms with E-state index in [-0.39, 0.29) is 11.6 Å². The van der Waals surface area contributed by atoms with E-state index >= 15 is 0 Å². The molecular weight excluding hydrogens is 424 g/mol. The Bertz CT molecular complexity index is 1060. The SMILES string of the molecule is COc1ccc(/C=C(\NC(=O)c2cccs2)C(=O)Nc2ccc(Cl)cc2)cc1OC. The van der Waals surface area contributed by atoms with Gasteiger partial charge in [0.15, 0.2) is 11.5 Å². The summed E-state index contributed by atoms with van der Waals surface area (Å²) in [6, 6.07) is 15.3. The van der Waals surface area contributed by atoms with Crippen LogP contribution in [0, 0.1) is 0 Å². The van der Waals surface area contributed by atoms with E-state index in [1.165, 1.54) is 18.4 Å². The summed E-state index contributed by atoms with van der Waals surface area (Å²) in [6.45, 7) is 0. The molecule has 3 rings (SSSR count). The van der Waals surface area contributed by atoms with Crippen LogP contribution in [0.2, 0.25) is 5.02 Å². The highest BCUT2D eigenvalue weighted by molar-refractivity contribution is 7.12. The van der Waals surface area contributed by atoms with E-state index in [9.17, 15) is 9.59 Å². The van der Waals surface area contributed by atoms with E-state index in [1.807, 2.05) is 0 Å². The summed E-state index contributed by atoms with van der Waals surface area (Å²) >= 11 is 7.18. The molecule has 0 unspecified atom stereocenters. The van der Waals surface area contributed by atoms with Crippen LogP contribution in [0.4, 0.5) is 5.69 Å². The predicted molar refractivity (Wildman–Crippen MR) is 119 cm³/mol. The first-order chi connectivity index (χ1) is 14.5. The molecule has 1 aromatic heterocycles. The van der Waals surface area contributed by atoms with Crippen molar-refractivity contribution < 1.29 is 19.1 Å². The van der Waals surface area contributed by atoms with Crippen molar-refractivity contribution in [2.24, 2.45) is 0 Å². The molecular formula is C22H19ClN2O4S. The zero-order valence-electron chi connectivity index (χ0n) is 16.3. The number of hydrogen-bond acceptors (Lipinski definition) is 5. The Balaban J connectivity index is 1.91. The number of anilines is 1. The van der Waals surface area contributed by atoms with Gasteiger partial charge in [-0.15, -0.1) is 11.3 Å². The normalized spacial score (nSPS) is 11.0. The van der Waals surface area contributed by atoms with Gasteiger partial charge < -0.3 is 20.1 Å². The molecule has 2 amide bonds. The van der Waals surface area contributed by atoms with E-state index < -0.39 is 5.91 Å². The average molecular weight is 443 g/mol. The van der Waals surface area contributed by atoms with Crippen molar-refractivity contribution in [2.45, 2.75) is 0 Å². The molecule has 30 heavy (non-hydrogen) atoms. The highest BCUT2D eigenvalue weighted by Crippen LogP contribution is 2.28. The third-order valence-electron chi connectivity index (χ3n) is 4.06. The lowest BCUT2D eigenvalue weighted by atomic mass is 10.1. The topological polar surface area (TPSA) is 76.7 Å². The summed E-state index contributed by atoms with van der Waals surface area (Å²) in [5.74, 6) is 0.220. The fourth-order valence-corrected chi connectivity index (χ4v) is 3.34. The maximum absolute atomic E-state index is 12.9. The van der Waals surface area contributed by atoms with Gasteiger partial charge in [0, 0.05) is 10.7 Å². The van der Waals surface area contributed by atoms with Gasteiger partial charge in [0.1, 0.15) is 5.70 Å². The van der Waals surface area contributed by atoms with E-state index in [4.69, 9.17) is 21.1 Å². The Labute approximate surface area is 183 Å². The fraction of sp³-hybridized carbons (Fsp3) is 0.0909. The second kappa shape index (κ2) is 9.96. The molecule has 2 aromatic carbocycles. The first-order valence-corrected chi connectivity index (χ1v) is 10.1. The molecule has 0 spiro atoms. The van der Waals surface area contributed by atoms with Gasteiger partial charge in [-0.3, -0.25) is 9.59 Å². The van der Waals surface area contributed by atoms with Crippen LogP contribution in [0.3, 0.4) is 0 Å². The van der Waals surface area contributed by atoms with Gasteiger partial charge in [-0.1, -0.05) is 23.7 Å². The lowest BCUT2D eigenvalue weighted by Crippen LogP contribution is -2.30. The van der Waals surface area contributed by atoms with Crippen LogP contribution < -0.4 is 20.1 Å². The van der Waals surface area contributed by atoms with E-state index in [0.717, 1.165) is 0 Å². The van der Waals surface area contributed by atoms with Crippen molar-refractivity contribution in [3.05, 3.63) is 81.1 Å². The number of thiophene rings is 1. The number of hydrogen-bond donors (Lipinski definition) is 2. The van der Waals surface area contributed by atoms with Gasteiger partial charge in [0.05, 0.1) is 19.1 Å². The quantitative estimate of drug-likeness (QED) is 0.514. The number of rotatable bonds is 7. The molecule has 1 heterocycles. The monoisotopic (exact) mass is 442 g/mol. The van der Waals surface area contributed by atoms with Crippen molar-refractivity contribution in [3.63, 3.8) is 0 Å². The highest BCUT2D eigenvalue weighted by Gasteiger charge is 2.16. The Hall–Kier alpha value is -3.29. The predicted octanol–water partition coefficient (Wildman–Crippen LogP) is 4.83. The van der Waals surface area contributed by atoms with Gasteiger partial charge in [-0.2, -0.15) is 0 Å². The standard InChI is InChI=1S/C22H19ClN2O4S/c1-28-18-10-5-14(13-19(18)29-2)12-17(25-22(27)20-4-3-11-30-20)21(26)24-16-8-6-15(23)7-9-16/h3-13H,1-2H3,(H,24,26)(H,25,27)/b17-12-. The maximum atomic E-state index is 12.9. The Morgan fingerprint density at radius 2 is 1.73 bits per heavy atom. The lowest BCUT2D eigenvalue weighted by Gasteiger charge is -2.12. The van der Waals surface area contributed by atoms with Crippen LogP contribution >= 0.6 is 22.9 Å². The minimum absolute atomic E-state index is 0.0792. The second-order valence-electron chi connectivity index (χ2n) is 6.06. The molecule has 0 saturated heterocycles. The van der Waals surface area contributed by atoms with Gasteiger partial charge in [-0.25, -0.2) is 0 Å². The molecule has 8 heteroatoms. The van der Waals surface area contributed by atoms with Gasteiger partial charge >= 0.3 is 0 Å². The Kier molecular flexibility index (Phi) is 7.11. The summed E-state index contributed by atoms with van der Waals surface area (Å²) in [6.07, 6.45) is 1.57. The van der Waals surface area contributed by atoms with Crippen LogP contribution in [0.25, 0.3) is 6.08 Å². The number of ether oxygens (including phenoxy) is 2. The molecule has 154 valence electrons. The van der Waals surface area contributed by atoms with Crippen LogP contribution in [-0.4, -0.2) is 26.0 Å². The number of nitrogens with one attached hydrogen (secondary N) is 2. The van der Waals surface area contributed by atoms with Crippen LogP contribution in [0.1, 0.15) is 15.2 Å². The van der Waals surface area contributed by atoms with Crippen molar-refractivity contribution >= 4 is 46.5 Å². The van der Waals surface area contributed by atoms with Gasteiger partial charge in [0.25, 0.3) is 11.8 Å². The van der Waals surface area contributed by atoms with E-state index in [1.54, 1.807) is 73.2 Å². The van der Waals surface area contributed by atoms with Crippen molar-refractivity contribution in [1.29, 1.82) is 0 Å². The number of carbonyl (C=O) groups excluding carboxylic acids is 2. The highest BCUT2D eigenvalue weighted by atomic mass is 35.5.